The van der Waals surface area contributed by atoms with Crippen molar-refractivity contribution in [1.82, 2.24) is 29.5 Å². The van der Waals surface area contributed by atoms with Gasteiger partial charge < -0.3 is 16.0 Å². The third-order valence-corrected chi connectivity index (χ3v) is 6.30. The lowest BCUT2D eigenvalue weighted by molar-refractivity contribution is 0.753. The number of fused-ring (bicyclic) bond motifs is 1. The van der Waals surface area contributed by atoms with Crippen LogP contribution in [-0.4, -0.2) is 47.7 Å². The summed E-state index contributed by atoms with van der Waals surface area (Å²) in [4.78, 5) is 18.5. The van der Waals surface area contributed by atoms with Gasteiger partial charge in [0.1, 0.15) is 11.5 Å². The zero-order valence-electron chi connectivity index (χ0n) is 19.5. The van der Waals surface area contributed by atoms with Gasteiger partial charge in [0.25, 0.3) is 0 Å². The van der Waals surface area contributed by atoms with Crippen LogP contribution in [0.2, 0.25) is 0 Å². The van der Waals surface area contributed by atoms with Gasteiger partial charge in [0.15, 0.2) is 0 Å². The van der Waals surface area contributed by atoms with Crippen molar-refractivity contribution in [3.63, 3.8) is 0 Å². The Bertz CT molecular complexity index is 1320. The average molecular weight is 456 g/mol. The number of hydrogen-bond donors (Lipinski definition) is 3. The molecule has 0 amide bonds. The molecule has 4 aromatic rings. The van der Waals surface area contributed by atoms with Crippen LogP contribution in [0.1, 0.15) is 46.0 Å². The molecule has 1 unspecified atom stereocenters. The standard InChI is InChI=1S/C25H29N9/c1-3-15(2)28-24-26-13-11-18(31-24)22-20-5-4-6-21(29-16-7-8-16)34(20)33-23(22)19-12-14-27-25(32-19)30-17-9-10-17/h4-6,11-17,29H,3,7-10H2,1-2H3,(H,26,28,31)(H,27,30,32). The Morgan fingerprint density at radius 1 is 0.912 bits per heavy atom. The summed E-state index contributed by atoms with van der Waals surface area (Å²) >= 11 is 0. The van der Waals surface area contributed by atoms with Crippen molar-refractivity contribution >= 4 is 23.2 Å². The molecule has 4 heterocycles. The number of pyridine rings is 1. The number of nitrogens with one attached hydrogen (secondary N) is 3. The maximum Gasteiger partial charge on any atom is 0.223 e. The molecule has 9 heteroatoms. The highest BCUT2D eigenvalue weighted by molar-refractivity contribution is 5.91. The minimum absolute atomic E-state index is 0.283. The van der Waals surface area contributed by atoms with Crippen LogP contribution >= 0.6 is 0 Å². The van der Waals surface area contributed by atoms with Crippen LogP contribution in [0.4, 0.5) is 17.7 Å². The van der Waals surface area contributed by atoms with Gasteiger partial charge in [0.2, 0.25) is 11.9 Å². The smallest absolute Gasteiger partial charge is 0.223 e. The summed E-state index contributed by atoms with van der Waals surface area (Å²) < 4.78 is 1.98. The summed E-state index contributed by atoms with van der Waals surface area (Å²) in [6, 6.07) is 11.3. The van der Waals surface area contributed by atoms with E-state index < -0.39 is 0 Å². The van der Waals surface area contributed by atoms with Crippen LogP contribution in [0.15, 0.2) is 42.7 Å². The predicted octanol–water partition coefficient (Wildman–Crippen LogP) is 4.61. The van der Waals surface area contributed by atoms with Gasteiger partial charge >= 0.3 is 0 Å². The first-order chi connectivity index (χ1) is 16.7. The molecule has 2 fully saturated rings. The normalized spacial score (nSPS) is 16.4. The number of anilines is 3. The van der Waals surface area contributed by atoms with Gasteiger partial charge in [0, 0.05) is 30.5 Å². The summed E-state index contributed by atoms with van der Waals surface area (Å²) in [7, 11) is 0. The highest BCUT2D eigenvalue weighted by atomic mass is 15.3. The Hall–Kier alpha value is -3.75. The molecule has 0 aliphatic heterocycles. The quantitative estimate of drug-likeness (QED) is 0.336. The van der Waals surface area contributed by atoms with Gasteiger partial charge in [-0.2, -0.15) is 5.10 Å². The molecule has 174 valence electrons. The fourth-order valence-electron chi connectivity index (χ4n) is 3.91. The lowest BCUT2D eigenvalue weighted by Gasteiger charge is -2.12. The van der Waals surface area contributed by atoms with E-state index in [-0.39, 0.29) is 6.04 Å². The highest BCUT2D eigenvalue weighted by Crippen LogP contribution is 2.36. The van der Waals surface area contributed by atoms with Crippen molar-refractivity contribution in [2.45, 2.75) is 64.1 Å². The summed E-state index contributed by atoms with van der Waals surface area (Å²) in [5, 5.41) is 15.4. The molecule has 2 aliphatic carbocycles. The molecule has 0 spiro atoms. The van der Waals surface area contributed by atoms with Gasteiger partial charge in [0.05, 0.1) is 22.5 Å². The summed E-state index contributed by atoms with van der Waals surface area (Å²) in [5.74, 6) is 2.23. The van der Waals surface area contributed by atoms with E-state index in [1.165, 1.54) is 12.8 Å². The average Bonchev–Trinajstić information content (AvgIpc) is 3.79. The van der Waals surface area contributed by atoms with E-state index in [2.05, 4.69) is 58.0 Å². The van der Waals surface area contributed by atoms with Gasteiger partial charge in [-0.3, -0.25) is 0 Å². The molecule has 0 radical (unpaired) electrons. The van der Waals surface area contributed by atoms with Crippen molar-refractivity contribution in [1.29, 1.82) is 0 Å². The second kappa shape index (κ2) is 8.55. The molecule has 2 aliphatic rings. The SMILES string of the molecule is CCC(C)Nc1nccc(-c2c(-c3ccnc(NC4CC4)n3)nn3c(NC4CC4)cccc23)n1. The van der Waals surface area contributed by atoms with E-state index in [0.717, 1.165) is 53.2 Å². The first-order valence-corrected chi connectivity index (χ1v) is 12.2. The van der Waals surface area contributed by atoms with E-state index in [9.17, 15) is 0 Å². The molecule has 0 saturated heterocycles. The lowest BCUT2D eigenvalue weighted by Crippen LogP contribution is -2.15. The van der Waals surface area contributed by atoms with E-state index in [4.69, 9.17) is 15.1 Å². The zero-order chi connectivity index (χ0) is 23.1. The fourth-order valence-corrected chi connectivity index (χ4v) is 3.91. The molecule has 0 aromatic carbocycles. The molecule has 2 saturated carbocycles. The van der Waals surface area contributed by atoms with E-state index in [1.54, 1.807) is 12.4 Å². The van der Waals surface area contributed by atoms with Crippen LogP contribution in [0.25, 0.3) is 28.2 Å². The largest absolute Gasteiger partial charge is 0.367 e. The molecule has 1 atom stereocenters. The van der Waals surface area contributed by atoms with Crippen molar-refractivity contribution < 1.29 is 0 Å². The Morgan fingerprint density at radius 2 is 1.62 bits per heavy atom. The minimum atomic E-state index is 0.283. The van der Waals surface area contributed by atoms with E-state index >= 15 is 0 Å². The third kappa shape index (κ3) is 4.25. The minimum Gasteiger partial charge on any atom is -0.367 e. The van der Waals surface area contributed by atoms with Crippen LogP contribution in [0.3, 0.4) is 0 Å². The summed E-state index contributed by atoms with van der Waals surface area (Å²) in [6.45, 7) is 4.27. The molecular weight excluding hydrogens is 426 g/mol. The summed E-state index contributed by atoms with van der Waals surface area (Å²) in [6.07, 6.45) is 9.29. The molecule has 6 rings (SSSR count). The Morgan fingerprint density at radius 3 is 2.38 bits per heavy atom. The first kappa shape index (κ1) is 20.8. The van der Waals surface area contributed by atoms with Crippen LogP contribution in [0, 0.1) is 0 Å². The maximum absolute atomic E-state index is 5.04. The molecule has 9 nitrogen and oxygen atoms in total. The van der Waals surface area contributed by atoms with Crippen LogP contribution < -0.4 is 16.0 Å². The van der Waals surface area contributed by atoms with E-state index in [0.29, 0.717) is 24.0 Å². The number of hydrogen-bond acceptors (Lipinski definition) is 8. The zero-order valence-corrected chi connectivity index (χ0v) is 19.5. The maximum atomic E-state index is 5.04. The van der Waals surface area contributed by atoms with Gasteiger partial charge in [-0.05, 0) is 63.3 Å². The highest BCUT2D eigenvalue weighted by Gasteiger charge is 2.26. The molecule has 0 bridgehead atoms. The molecular formula is C25H29N9. The lowest BCUT2D eigenvalue weighted by atomic mass is 10.1. The number of aromatic nitrogens is 6. The van der Waals surface area contributed by atoms with E-state index in [1.807, 2.05) is 16.6 Å². The molecule has 4 aromatic heterocycles. The first-order valence-electron chi connectivity index (χ1n) is 12.2. The molecule has 34 heavy (non-hydrogen) atoms. The van der Waals surface area contributed by atoms with Gasteiger partial charge in [-0.1, -0.05) is 13.0 Å². The Kier molecular flexibility index (Phi) is 5.24. The topological polar surface area (TPSA) is 105 Å². The monoisotopic (exact) mass is 455 g/mol. The van der Waals surface area contributed by atoms with Crippen LogP contribution in [0.5, 0.6) is 0 Å². The summed E-state index contributed by atoms with van der Waals surface area (Å²) in [5.41, 5.74) is 4.27. The van der Waals surface area contributed by atoms with Crippen LogP contribution in [-0.2, 0) is 0 Å². The second-order valence-electron chi connectivity index (χ2n) is 9.25. The predicted molar refractivity (Wildman–Crippen MR) is 134 cm³/mol. The molecule has 3 N–H and O–H groups in total. The number of nitrogens with zero attached hydrogens (tertiary/aromatic N) is 6. The third-order valence-electron chi connectivity index (χ3n) is 6.30. The van der Waals surface area contributed by atoms with Crippen molar-refractivity contribution in [2.75, 3.05) is 16.0 Å². The Labute approximate surface area is 198 Å². The fraction of sp³-hybridized carbons (Fsp3) is 0.400. The second-order valence-corrected chi connectivity index (χ2v) is 9.25. The van der Waals surface area contributed by atoms with Gasteiger partial charge in [-0.15, -0.1) is 0 Å². The van der Waals surface area contributed by atoms with Gasteiger partial charge in [-0.25, -0.2) is 24.5 Å². The number of rotatable bonds is 9. The van der Waals surface area contributed by atoms with Crippen molar-refractivity contribution in [2.24, 2.45) is 0 Å². The van der Waals surface area contributed by atoms with Crippen molar-refractivity contribution in [3.05, 3.63) is 42.7 Å². The van der Waals surface area contributed by atoms with Crippen molar-refractivity contribution in [3.8, 4) is 22.6 Å². The Balaban J connectivity index is 1.50.